The van der Waals surface area contributed by atoms with Gasteiger partial charge in [0.15, 0.2) is 0 Å². The van der Waals surface area contributed by atoms with Gasteiger partial charge in [0.2, 0.25) is 0 Å². The van der Waals surface area contributed by atoms with Gasteiger partial charge in [0.05, 0.1) is 0 Å². The summed E-state index contributed by atoms with van der Waals surface area (Å²) in [4.78, 5) is 15.8. The highest BCUT2D eigenvalue weighted by Crippen LogP contribution is 2.11. The molecule has 1 N–H and O–H groups in total. The fourth-order valence-electron chi connectivity index (χ4n) is 2.26. The second kappa shape index (κ2) is 7.83. The van der Waals surface area contributed by atoms with Crippen molar-refractivity contribution < 1.29 is 13.9 Å². The lowest BCUT2D eigenvalue weighted by Crippen LogP contribution is -2.52. The average molecular weight is 295 g/mol. The van der Waals surface area contributed by atoms with Gasteiger partial charge in [0.25, 0.3) is 0 Å². The van der Waals surface area contributed by atoms with Gasteiger partial charge in [-0.3, -0.25) is 4.90 Å². The molecule has 0 atom stereocenters. The van der Waals surface area contributed by atoms with E-state index < -0.39 is 0 Å². The fourth-order valence-corrected chi connectivity index (χ4v) is 2.26. The Morgan fingerprint density at radius 3 is 2.52 bits per heavy atom. The van der Waals surface area contributed by atoms with Crippen molar-refractivity contribution in [1.29, 1.82) is 0 Å². The number of hydrogen-bond donors (Lipinski definition) is 1. The maximum Gasteiger partial charge on any atom is 0.317 e. The summed E-state index contributed by atoms with van der Waals surface area (Å²) in [5.41, 5.74) is 0. The summed E-state index contributed by atoms with van der Waals surface area (Å²) in [6, 6.07) is 6.05. The molecule has 1 aliphatic rings. The van der Waals surface area contributed by atoms with E-state index in [1.807, 2.05) is 11.8 Å². The second-order valence-electron chi connectivity index (χ2n) is 4.97. The van der Waals surface area contributed by atoms with E-state index in [0.717, 1.165) is 32.7 Å². The van der Waals surface area contributed by atoms with Gasteiger partial charge in [-0.15, -0.1) is 0 Å². The summed E-state index contributed by atoms with van der Waals surface area (Å²) in [5, 5.41) is 2.81. The zero-order valence-corrected chi connectivity index (χ0v) is 12.3. The van der Waals surface area contributed by atoms with Crippen LogP contribution in [0.15, 0.2) is 24.3 Å². The number of nitrogens with one attached hydrogen (secondary N) is 1. The number of rotatable bonds is 5. The lowest BCUT2D eigenvalue weighted by Gasteiger charge is -2.34. The first-order chi connectivity index (χ1) is 10.2. The average Bonchev–Trinajstić information content (AvgIpc) is 2.50. The molecule has 0 bridgehead atoms. The molecule has 0 spiro atoms. The number of ether oxygens (including phenoxy) is 1. The largest absolute Gasteiger partial charge is 0.492 e. The third-order valence-electron chi connectivity index (χ3n) is 3.48. The van der Waals surface area contributed by atoms with Crippen LogP contribution in [0.2, 0.25) is 0 Å². The van der Waals surface area contributed by atoms with Crippen molar-refractivity contribution >= 4 is 6.03 Å². The van der Waals surface area contributed by atoms with Gasteiger partial charge in [-0.05, 0) is 31.2 Å². The predicted molar refractivity (Wildman–Crippen MR) is 79.0 cm³/mol. The Morgan fingerprint density at radius 2 is 1.90 bits per heavy atom. The SMILES string of the molecule is CCNC(=O)N1CCN(CCOc2ccc(F)cc2)CC1. The van der Waals surface area contributed by atoms with Crippen molar-refractivity contribution in [3.63, 3.8) is 0 Å². The lowest BCUT2D eigenvalue weighted by molar-refractivity contribution is 0.126. The van der Waals surface area contributed by atoms with E-state index in [2.05, 4.69) is 10.2 Å². The number of urea groups is 1. The Bertz CT molecular complexity index is 445. The molecule has 2 amide bonds. The first-order valence-electron chi connectivity index (χ1n) is 7.32. The Kier molecular flexibility index (Phi) is 5.80. The molecule has 5 nitrogen and oxygen atoms in total. The van der Waals surface area contributed by atoms with Crippen molar-refractivity contribution in [3.05, 3.63) is 30.1 Å². The van der Waals surface area contributed by atoms with Crippen molar-refractivity contribution in [2.24, 2.45) is 0 Å². The lowest BCUT2D eigenvalue weighted by atomic mass is 10.3. The van der Waals surface area contributed by atoms with Crippen molar-refractivity contribution in [2.75, 3.05) is 45.9 Å². The molecular formula is C15H22FN3O2. The van der Waals surface area contributed by atoms with Gasteiger partial charge in [-0.1, -0.05) is 0 Å². The number of carbonyl (C=O) groups excluding carboxylic acids is 1. The third kappa shape index (κ3) is 4.90. The molecule has 1 saturated heterocycles. The van der Waals surface area contributed by atoms with Gasteiger partial charge in [0.1, 0.15) is 18.2 Å². The molecule has 0 unspecified atom stereocenters. The minimum Gasteiger partial charge on any atom is -0.492 e. The van der Waals surface area contributed by atoms with Crippen LogP contribution in [0.4, 0.5) is 9.18 Å². The number of hydrogen-bond acceptors (Lipinski definition) is 3. The maximum atomic E-state index is 12.8. The Morgan fingerprint density at radius 1 is 1.24 bits per heavy atom. The van der Waals surface area contributed by atoms with E-state index in [0.29, 0.717) is 18.9 Å². The zero-order chi connectivity index (χ0) is 15.1. The van der Waals surface area contributed by atoms with Crippen LogP contribution in [-0.4, -0.2) is 61.7 Å². The number of nitrogens with zero attached hydrogens (tertiary/aromatic N) is 2. The summed E-state index contributed by atoms with van der Waals surface area (Å²) < 4.78 is 18.3. The number of carbonyl (C=O) groups is 1. The number of benzene rings is 1. The van der Waals surface area contributed by atoms with E-state index in [9.17, 15) is 9.18 Å². The quantitative estimate of drug-likeness (QED) is 0.896. The van der Waals surface area contributed by atoms with Crippen LogP contribution in [0.5, 0.6) is 5.75 Å². The summed E-state index contributed by atoms with van der Waals surface area (Å²) >= 11 is 0. The number of halogens is 1. The molecule has 0 aromatic heterocycles. The summed E-state index contributed by atoms with van der Waals surface area (Å²) in [5.74, 6) is 0.418. The fraction of sp³-hybridized carbons (Fsp3) is 0.533. The topological polar surface area (TPSA) is 44.8 Å². The Hall–Kier alpha value is -1.82. The van der Waals surface area contributed by atoms with Gasteiger partial charge < -0.3 is 15.0 Å². The van der Waals surface area contributed by atoms with Crippen molar-refractivity contribution in [2.45, 2.75) is 6.92 Å². The third-order valence-corrected chi connectivity index (χ3v) is 3.48. The van der Waals surface area contributed by atoms with Gasteiger partial charge in [-0.25, -0.2) is 9.18 Å². The Labute approximate surface area is 124 Å². The summed E-state index contributed by atoms with van der Waals surface area (Å²) in [6.07, 6.45) is 0. The van der Waals surface area contributed by atoms with E-state index in [-0.39, 0.29) is 11.8 Å². The minimum atomic E-state index is -0.260. The van der Waals surface area contributed by atoms with E-state index in [1.165, 1.54) is 12.1 Å². The normalized spacial score (nSPS) is 15.8. The van der Waals surface area contributed by atoms with Gasteiger partial charge in [-0.2, -0.15) is 0 Å². The highest BCUT2D eigenvalue weighted by molar-refractivity contribution is 5.74. The molecule has 1 heterocycles. The highest BCUT2D eigenvalue weighted by Gasteiger charge is 2.20. The van der Waals surface area contributed by atoms with Crippen LogP contribution in [0.1, 0.15) is 6.92 Å². The zero-order valence-electron chi connectivity index (χ0n) is 12.3. The molecule has 1 aromatic rings. The van der Waals surface area contributed by atoms with Crippen LogP contribution >= 0.6 is 0 Å². The van der Waals surface area contributed by atoms with E-state index in [4.69, 9.17) is 4.74 Å². The van der Waals surface area contributed by atoms with Gasteiger partial charge in [0, 0.05) is 39.3 Å². The molecule has 1 fully saturated rings. The molecule has 6 heteroatoms. The number of piperazine rings is 1. The van der Waals surface area contributed by atoms with Crippen molar-refractivity contribution in [1.82, 2.24) is 15.1 Å². The maximum absolute atomic E-state index is 12.8. The molecule has 0 radical (unpaired) electrons. The molecule has 1 aliphatic heterocycles. The summed E-state index contributed by atoms with van der Waals surface area (Å²) in [7, 11) is 0. The van der Waals surface area contributed by atoms with Crippen LogP contribution in [0.3, 0.4) is 0 Å². The molecular weight excluding hydrogens is 273 g/mol. The molecule has 1 aromatic carbocycles. The smallest absolute Gasteiger partial charge is 0.317 e. The first kappa shape index (κ1) is 15.6. The molecule has 0 saturated carbocycles. The molecule has 2 rings (SSSR count). The van der Waals surface area contributed by atoms with E-state index in [1.54, 1.807) is 12.1 Å². The monoisotopic (exact) mass is 295 g/mol. The number of amides is 2. The van der Waals surface area contributed by atoms with E-state index >= 15 is 0 Å². The molecule has 21 heavy (non-hydrogen) atoms. The standard InChI is InChI=1S/C15H22FN3O2/c1-2-17-15(20)19-9-7-18(8-10-19)11-12-21-14-5-3-13(16)4-6-14/h3-6H,2,7-12H2,1H3,(H,17,20). The van der Waals surface area contributed by atoms with Crippen LogP contribution in [0, 0.1) is 5.82 Å². The summed E-state index contributed by atoms with van der Waals surface area (Å²) in [6.45, 7) is 7.12. The second-order valence-corrected chi connectivity index (χ2v) is 4.97. The van der Waals surface area contributed by atoms with Crippen LogP contribution in [0.25, 0.3) is 0 Å². The highest BCUT2D eigenvalue weighted by atomic mass is 19.1. The van der Waals surface area contributed by atoms with Crippen molar-refractivity contribution in [3.8, 4) is 5.75 Å². The first-order valence-corrected chi connectivity index (χ1v) is 7.32. The Balaban J connectivity index is 1.65. The minimum absolute atomic E-state index is 0.0136. The van der Waals surface area contributed by atoms with Crippen LogP contribution < -0.4 is 10.1 Å². The molecule has 0 aliphatic carbocycles. The molecule has 116 valence electrons. The van der Waals surface area contributed by atoms with Gasteiger partial charge >= 0.3 is 6.03 Å². The van der Waals surface area contributed by atoms with Crippen LogP contribution in [-0.2, 0) is 0 Å². The predicted octanol–water partition coefficient (Wildman–Crippen LogP) is 1.55.